The lowest BCUT2D eigenvalue weighted by Gasteiger charge is -2.45. The number of non-ortho nitro benzene ring substituents is 2. The van der Waals surface area contributed by atoms with Crippen LogP contribution < -0.4 is 9.47 Å². The second-order valence-corrected chi connectivity index (χ2v) is 12.7. The van der Waals surface area contributed by atoms with Gasteiger partial charge in [0.25, 0.3) is 11.4 Å². The molecule has 1 saturated carbocycles. The fourth-order valence-electron chi connectivity index (χ4n) is 6.53. The number of ether oxygens (including phenoxy) is 2. The molecule has 0 amide bonds. The van der Waals surface area contributed by atoms with E-state index >= 15 is 0 Å². The average molecular weight is 595 g/mol. The Morgan fingerprint density at radius 1 is 0.705 bits per heavy atom. The number of nitrogens with zero attached hydrogens (tertiary/aromatic N) is 2. The molecule has 1 fully saturated rings. The Kier molecular flexibility index (Phi) is 8.46. The zero-order chi connectivity index (χ0) is 31.6. The van der Waals surface area contributed by atoms with Crippen LogP contribution in [0.1, 0.15) is 68.7 Å². The molecule has 0 N–H and O–H groups in total. The van der Waals surface area contributed by atoms with E-state index in [0.717, 1.165) is 59.4 Å². The van der Waals surface area contributed by atoms with Crippen molar-refractivity contribution in [3.05, 3.63) is 127 Å². The van der Waals surface area contributed by atoms with Gasteiger partial charge < -0.3 is 9.47 Å². The van der Waals surface area contributed by atoms with Crippen LogP contribution in [0.25, 0.3) is 0 Å². The van der Waals surface area contributed by atoms with Crippen molar-refractivity contribution in [3.63, 3.8) is 0 Å². The molecule has 0 heterocycles. The van der Waals surface area contributed by atoms with Gasteiger partial charge in [0.15, 0.2) is 0 Å². The molecule has 0 bridgehead atoms. The lowest BCUT2D eigenvalue weighted by Crippen LogP contribution is -2.37. The highest BCUT2D eigenvalue weighted by Gasteiger charge is 2.42. The first-order chi connectivity index (χ1) is 20.9. The predicted octanol–water partition coefficient (Wildman–Crippen LogP) is 10.1. The minimum absolute atomic E-state index is 0.0304. The number of hydrogen-bond donors (Lipinski definition) is 0. The van der Waals surface area contributed by atoms with Crippen LogP contribution in [-0.2, 0) is 10.8 Å². The molecule has 0 unspecified atom stereocenters. The molecular weight excluding hydrogens is 556 g/mol. The molecule has 8 heteroatoms. The fraction of sp³-hybridized carbons (Fsp3) is 0.333. The van der Waals surface area contributed by atoms with E-state index in [1.165, 1.54) is 24.3 Å². The molecule has 44 heavy (non-hydrogen) atoms. The minimum atomic E-state index is -0.412. The van der Waals surface area contributed by atoms with Gasteiger partial charge in [-0.15, -0.1) is 0 Å². The molecule has 0 saturated heterocycles. The zero-order valence-electron chi connectivity index (χ0n) is 25.8. The number of nitro benzene ring substituents is 2. The smallest absolute Gasteiger partial charge is 0.269 e. The van der Waals surface area contributed by atoms with Crippen LogP contribution in [0.15, 0.2) is 84.9 Å². The third-order valence-electron chi connectivity index (χ3n) is 9.41. The second kappa shape index (κ2) is 12.1. The third-order valence-corrected chi connectivity index (χ3v) is 9.41. The summed E-state index contributed by atoms with van der Waals surface area (Å²) in [5.41, 5.74) is 4.10. The first-order valence-corrected chi connectivity index (χ1v) is 14.9. The van der Waals surface area contributed by atoms with E-state index < -0.39 is 9.85 Å². The van der Waals surface area contributed by atoms with Gasteiger partial charge in [0.2, 0.25) is 0 Å². The molecule has 5 rings (SSSR count). The highest BCUT2D eigenvalue weighted by Crippen LogP contribution is 2.52. The van der Waals surface area contributed by atoms with E-state index in [1.807, 2.05) is 26.0 Å². The summed E-state index contributed by atoms with van der Waals surface area (Å²) in [5, 5.41) is 22.2. The highest BCUT2D eigenvalue weighted by molar-refractivity contribution is 5.50. The molecule has 0 atom stereocenters. The number of aryl methyl sites for hydroxylation is 2. The summed E-state index contributed by atoms with van der Waals surface area (Å²) in [4.78, 5) is 21.4. The van der Waals surface area contributed by atoms with E-state index in [-0.39, 0.29) is 22.2 Å². The van der Waals surface area contributed by atoms with Gasteiger partial charge in [-0.3, -0.25) is 20.2 Å². The fourth-order valence-corrected chi connectivity index (χ4v) is 6.53. The Bertz CT molecular complexity index is 1670. The molecule has 0 aliphatic heterocycles. The normalized spacial score (nSPS) is 18.4. The Morgan fingerprint density at radius 2 is 1.16 bits per heavy atom. The molecule has 0 spiro atoms. The van der Waals surface area contributed by atoms with Crippen LogP contribution in [0.3, 0.4) is 0 Å². The van der Waals surface area contributed by atoms with Gasteiger partial charge in [-0.05, 0) is 91.7 Å². The van der Waals surface area contributed by atoms with Gasteiger partial charge in [-0.2, -0.15) is 0 Å². The topological polar surface area (TPSA) is 105 Å². The van der Waals surface area contributed by atoms with Gasteiger partial charge in [-0.25, -0.2) is 0 Å². The van der Waals surface area contributed by atoms with Crippen molar-refractivity contribution >= 4 is 11.4 Å². The number of hydrogen-bond acceptors (Lipinski definition) is 6. The number of rotatable bonds is 9. The van der Waals surface area contributed by atoms with Crippen LogP contribution in [0.5, 0.6) is 23.0 Å². The number of nitro groups is 2. The summed E-state index contributed by atoms with van der Waals surface area (Å²) < 4.78 is 12.8. The summed E-state index contributed by atoms with van der Waals surface area (Å²) in [6, 6.07) is 24.9. The first kappa shape index (κ1) is 30.7. The molecule has 1 aliphatic carbocycles. The molecule has 228 valence electrons. The number of para-hydroxylation sites is 2. The van der Waals surface area contributed by atoms with Crippen LogP contribution >= 0.6 is 0 Å². The van der Waals surface area contributed by atoms with E-state index in [0.29, 0.717) is 17.4 Å². The molecular formula is C36H38N2O6. The summed E-state index contributed by atoms with van der Waals surface area (Å²) in [6.45, 7) is 10.9. The summed E-state index contributed by atoms with van der Waals surface area (Å²) in [6.07, 6.45) is 3.98. The maximum atomic E-state index is 11.1. The van der Waals surface area contributed by atoms with E-state index in [1.54, 1.807) is 24.3 Å². The SMILES string of the molecule is Cc1cccc(C2(C)CCC(C(C)(C)c3cccc(C)c3Oc3ccc([N+](=O)[O-])cc3)CC2)c1Oc1ccc([N+](=O)[O-])cc1. The van der Waals surface area contributed by atoms with E-state index in [2.05, 4.69) is 45.0 Å². The van der Waals surface area contributed by atoms with Gasteiger partial charge in [0, 0.05) is 35.4 Å². The minimum Gasteiger partial charge on any atom is -0.457 e. The Labute approximate surface area is 258 Å². The lowest BCUT2D eigenvalue weighted by molar-refractivity contribution is -0.385. The van der Waals surface area contributed by atoms with Crippen LogP contribution in [-0.4, -0.2) is 9.85 Å². The van der Waals surface area contributed by atoms with Crippen molar-refractivity contribution in [2.45, 2.75) is 71.1 Å². The monoisotopic (exact) mass is 594 g/mol. The van der Waals surface area contributed by atoms with Crippen LogP contribution in [0.4, 0.5) is 11.4 Å². The molecule has 1 aliphatic rings. The summed E-state index contributed by atoms with van der Waals surface area (Å²) in [7, 11) is 0. The lowest BCUT2D eigenvalue weighted by atomic mass is 9.60. The maximum Gasteiger partial charge on any atom is 0.269 e. The van der Waals surface area contributed by atoms with E-state index in [4.69, 9.17) is 9.47 Å². The molecule has 4 aromatic rings. The Balaban J connectivity index is 1.37. The standard InChI is InChI=1S/C36H38N2O6/c1-24-8-6-10-31(33(24)43-29-16-12-27(13-17-29)37(39)40)35(3,4)26-20-22-36(5,23-21-26)32-11-7-9-25(2)34(32)44-30-18-14-28(15-19-30)38(41)42/h6-19,26H,20-23H2,1-5H3. The zero-order valence-corrected chi connectivity index (χ0v) is 25.8. The Hall–Kier alpha value is -4.72. The predicted molar refractivity (Wildman–Crippen MR) is 171 cm³/mol. The molecule has 4 aromatic carbocycles. The maximum absolute atomic E-state index is 11.1. The third kappa shape index (κ3) is 6.16. The van der Waals surface area contributed by atoms with Crippen molar-refractivity contribution in [3.8, 4) is 23.0 Å². The van der Waals surface area contributed by atoms with Crippen LogP contribution in [0.2, 0.25) is 0 Å². The molecule has 8 nitrogen and oxygen atoms in total. The molecule has 0 aromatic heterocycles. The molecule has 0 radical (unpaired) electrons. The van der Waals surface area contributed by atoms with Crippen molar-refractivity contribution in [1.82, 2.24) is 0 Å². The first-order valence-electron chi connectivity index (χ1n) is 14.9. The van der Waals surface area contributed by atoms with Crippen molar-refractivity contribution in [2.24, 2.45) is 5.92 Å². The van der Waals surface area contributed by atoms with E-state index in [9.17, 15) is 20.2 Å². The van der Waals surface area contributed by atoms with Gasteiger partial charge in [0.05, 0.1) is 9.85 Å². The van der Waals surface area contributed by atoms with Gasteiger partial charge >= 0.3 is 0 Å². The average Bonchev–Trinajstić information content (AvgIpc) is 3.00. The Morgan fingerprint density at radius 3 is 1.66 bits per heavy atom. The van der Waals surface area contributed by atoms with Crippen molar-refractivity contribution < 1.29 is 19.3 Å². The summed E-state index contributed by atoms with van der Waals surface area (Å²) in [5.74, 6) is 3.17. The van der Waals surface area contributed by atoms with Gasteiger partial charge in [-0.1, -0.05) is 57.2 Å². The van der Waals surface area contributed by atoms with Gasteiger partial charge in [0.1, 0.15) is 23.0 Å². The van der Waals surface area contributed by atoms with Crippen molar-refractivity contribution in [1.29, 1.82) is 0 Å². The van der Waals surface area contributed by atoms with Crippen molar-refractivity contribution in [2.75, 3.05) is 0 Å². The largest absolute Gasteiger partial charge is 0.457 e. The summed E-state index contributed by atoms with van der Waals surface area (Å²) >= 11 is 0. The quantitative estimate of drug-likeness (QED) is 0.141. The second-order valence-electron chi connectivity index (χ2n) is 12.7. The highest BCUT2D eigenvalue weighted by atomic mass is 16.6. The number of benzene rings is 4. The van der Waals surface area contributed by atoms with Crippen LogP contribution in [0, 0.1) is 40.0 Å².